The molecule has 0 spiro atoms. The molecule has 110 valence electrons. The Morgan fingerprint density at radius 3 is 2.20 bits per heavy atom. The van der Waals surface area contributed by atoms with Crippen molar-refractivity contribution in [2.75, 3.05) is 0 Å². The van der Waals surface area contributed by atoms with Crippen molar-refractivity contribution in [3.05, 3.63) is 35.5 Å². The smallest absolute Gasteiger partial charge is 0.340 e. The molecule has 0 saturated heterocycles. The number of benzene rings is 1. The molecule has 5 heteroatoms. The molecule has 0 radical (unpaired) electrons. The fourth-order valence-electron chi connectivity index (χ4n) is 2.55. The summed E-state index contributed by atoms with van der Waals surface area (Å²) in [6.45, 7) is 7.48. The van der Waals surface area contributed by atoms with Crippen LogP contribution in [0.15, 0.2) is 24.3 Å². The van der Waals surface area contributed by atoms with Gasteiger partial charge in [0, 0.05) is 22.6 Å². The first kappa shape index (κ1) is 14.9. The molecule has 0 unspecified atom stereocenters. The van der Waals surface area contributed by atoms with Gasteiger partial charge >= 0.3 is 6.18 Å². The molecular formula is C15H19F3N2. The van der Waals surface area contributed by atoms with E-state index in [1.54, 1.807) is 26.0 Å². The van der Waals surface area contributed by atoms with E-state index in [0.717, 1.165) is 6.07 Å². The monoisotopic (exact) mass is 284 g/mol. The summed E-state index contributed by atoms with van der Waals surface area (Å²) < 4.78 is 41.2. The van der Waals surface area contributed by atoms with Crippen LogP contribution in [0.2, 0.25) is 0 Å². The molecule has 0 atom stereocenters. The highest BCUT2D eigenvalue weighted by atomic mass is 19.4. The highest BCUT2D eigenvalue weighted by Gasteiger charge is 2.34. The first-order valence-corrected chi connectivity index (χ1v) is 6.54. The van der Waals surface area contributed by atoms with Crippen molar-refractivity contribution in [3.8, 4) is 0 Å². The summed E-state index contributed by atoms with van der Waals surface area (Å²) >= 11 is 0. The van der Waals surface area contributed by atoms with Crippen molar-refractivity contribution in [2.24, 2.45) is 5.73 Å². The number of aromatic nitrogens is 1. The van der Waals surface area contributed by atoms with Crippen molar-refractivity contribution in [3.63, 3.8) is 0 Å². The quantitative estimate of drug-likeness (QED) is 0.868. The van der Waals surface area contributed by atoms with Gasteiger partial charge in [-0.05, 0) is 45.9 Å². The zero-order valence-electron chi connectivity index (χ0n) is 12.0. The summed E-state index contributed by atoms with van der Waals surface area (Å²) in [5.41, 5.74) is 6.08. The van der Waals surface area contributed by atoms with Crippen molar-refractivity contribution in [1.82, 2.24) is 4.57 Å². The van der Waals surface area contributed by atoms with Gasteiger partial charge in [-0.15, -0.1) is 0 Å². The highest BCUT2D eigenvalue weighted by Crippen LogP contribution is 2.38. The second-order valence-corrected chi connectivity index (χ2v) is 5.95. The molecule has 1 heterocycles. The fraction of sp³-hybridized carbons (Fsp3) is 0.467. The lowest BCUT2D eigenvalue weighted by molar-refractivity contribution is -0.136. The van der Waals surface area contributed by atoms with Crippen LogP contribution in [0, 0.1) is 0 Å². The number of rotatable bonds is 2. The molecule has 1 aromatic heterocycles. The van der Waals surface area contributed by atoms with Gasteiger partial charge in [-0.25, -0.2) is 0 Å². The fourth-order valence-corrected chi connectivity index (χ4v) is 2.55. The molecular weight excluding hydrogens is 265 g/mol. The second kappa shape index (κ2) is 4.52. The first-order chi connectivity index (χ1) is 9.03. The third kappa shape index (κ3) is 2.42. The number of halogens is 3. The summed E-state index contributed by atoms with van der Waals surface area (Å²) in [5.74, 6) is 0. The van der Waals surface area contributed by atoms with Gasteiger partial charge in [0.2, 0.25) is 0 Å². The van der Waals surface area contributed by atoms with Gasteiger partial charge in [0.15, 0.2) is 0 Å². The molecule has 0 aliphatic rings. The van der Waals surface area contributed by atoms with Gasteiger partial charge in [0.1, 0.15) is 0 Å². The summed E-state index contributed by atoms with van der Waals surface area (Å²) in [7, 11) is 0. The van der Waals surface area contributed by atoms with E-state index in [4.69, 9.17) is 5.73 Å². The van der Waals surface area contributed by atoms with E-state index in [1.807, 2.05) is 18.4 Å². The van der Waals surface area contributed by atoms with Crippen LogP contribution in [-0.4, -0.2) is 4.57 Å². The Hall–Kier alpha value is -1.49. The molecule has 0 fully saturated rings. The van der Waals surface area contributed by atoms with Crippen LogP contribution in [0.1, 0.15) is 45.0 Å². The SMILES string of the molecule is CC(C)n1c(C(C)(C)N)cc2c(C(F)(F)F)cccc21. The minimum absolute atomic E-state index is 0.0359. The molecule has 0 amide bonds. The standard InChI is InChI=1S/C15H19F3N2/c1-9(2)20-12-7-5-6-11(15(16,17)18)10(12)8-13(20)14(3,4)19/h5-9H,19H2,1-4H3. The Bertz CT molecular complexity index is 631. The Morgan fingerprint density at radius 2 is 1.75 bits per heavy atom. The maximum Gasteiger partial charge on any atom is 0.417 e. The molecule has 0 aliphatic carbocycles. The van der Waals surface area contributed by atoms with Crippen LogP contribution >= 0.6 is 0 Å². The van der Waals surface area contributed by atoms with E-state index in [9.17, 15) is 13.2 Å². The van der Waals surface area contributed by atoms with Gasteiger partial charge in [-0.2, -0.15) is 13.2 Å². The minimum atomic E-state index is -4.36. The molecule has 1 aromatic carbocycles. The highest BCUT2D eigenvalue weighted by molar-refractivity contribution is 5.86. The van der Waals surface area contributed by atoms with Gasteiger partial charge in [-0.1, -0.05) is 6.07 Å². The maximum absolute atomic E-state index is 13.1. The largest absolute Gasteiger partial charge is 0.417 e. The van der Waals surface area contributed by atoms with E-state index in [-0.39, 0.29) is 11.4 Å². The Labute approximate surface area is 116 Å². The van der Waals surface area contributed by atoms with Crippen LogP contribution in [0.3, 0.4) is 0 Å². The predicted molar refractivity (Wildman–Crippen MR) is 74.5 cm³/mol. The van der Waals surface area contributed by atoms with E-state index < -0.39 is 17.3 Å². The lowest BCUT2D eigenvalue weighted by atomic mass is 10.0. The lowest BCUT2D eigenvalue weighted by Crippen LogP contribution is -2.32. The Balaban J connectivity index is 2.88. The third-order valence-corrected chi connectivity index (χ3v) is 3.37. The van der Waals surface area contributed by atoms with Crippen molar-refractivity contribution >= 4 is 10.9 Å². The Kier molecular flexibility index (Phi) is 3.37. The molecule has 0 aliphatic heterocycles. The van der Waals surface area contributed by atoms with Crippen molar-refractivity contribution in [1.29, 1.82) is 0 Å². The van der Waals surface area contributed by atoms with Crippen LogP contribution in [0.25, 0.3) is 10.9 Å². The van der Waals surface area contributed by atoms with Gasteiger partial charge < -0.3 is 10.3 Å². The summed E-state index contributed by atoms with van der Waals surface area (Å²) in [4.78, 5) is 0. The normalized spacial score (nSPS) is 13.4. The van der Waals surface area contributed by atoms with Crippen molar-refractivity contribution in [2.45, 2.75) is 45.5 Å². The minimum Gasteiger partial charge on any atom is -0.340 e. The third-order valence-electron chi connectivity index (χ3n) is 3.37. The number of alkyl halides is 3. The lowest BCUT2D eigenvalue weighted by Gasteiger charge is -2.24. The predicted octanol–water partition coefficient (Wildman–Crippen LogP) is 4.43. The maximum atomic E-state index is 13.1. The van der Waals surface area contributed by atoms with E-state index in [0.29, 0.717) is 11.2 Å². The molecule has 2 nitrogen and oxygen atoms in total. The van der Waals surface area contributed by atoms with Gasteiger partial charge in [0.05, 0.1) is 11.1 Å². The van der Waals surface area contributed by atoms with E-state index in [1.165, 1.54) is 6.07 Å². The zero-order valence-corrected chi connectivity index (χ0v) is 12.0. The number of hydrogen-bond acceptors (Lipinski definition) is 1. The van der Waals surface area contributed by atoms with Crippen LogP contribution < -0.4 is 5.73 Å². The van der Waals surface area contributed by atoms with E-state index >= 15 is 0 Å². The molecule has 2 aromatic rings. The van der Waals surface area contributed by atoms with Gasteiger partial charge in [0.25, 0.3) is 0 Å². The number of fused-ring (bicyclic) bond motifs is 1. The van der Waals surface area contributed by atoms with Crippen LogP contribution in [0.5, 0.6) is 0 Å². The number of nitrogens with zero attached hydrogens (tertiary/aromatic N) is 1. The average molecular weight is 284 g/mol. The number of hydrogen-bond donors (Lipinski definition) is 1. The molecule has 0 saturated carbocycles. The summed E-state index contributed by atoms with van der Waals surface area (Å²) in [6, 6.07) is 5.86. The van der Waals surface area contributed by atoms with Crippen LogP contribution in [-0.2, 0) is 11.7 Å². The van der Waals surface area contributed by atoms with Crippen LogP contribution in [0.4, 0.5) is 13.2 Å². The molecule has 2 rings (SSSR count). The van der Waals surface area contributed by atoms with Crippen molar-refractivity contribution < 1.29 is 13.2 Å². The summed E-state index contributed by atoms with van der Waals surface area (Å²) in [6.07, 6.45) is -4.36. The molecule has 0 bridgehead atoms. The summed E-state index contributed by atoms with van der Waals surface area (Å²) in [5, 5.41) is 0.210. The molecule has 2 N–H and O–H groups in total. The van der Waals surface area contributed by atoms with E-state index in [2.05, 4.69) is 0 Å². The second-order valence-electron chi connectivity index (χ2n) is 5.95. The average Bonchev–Trinajstić information content (AvgIpc) is 2.65. The number of nitrogens with two attached hydrogens (primary N) is 1. The zero-order chi connectivity index (χ0) is 15.3. The first-order valence-electron chi connectivity index (χ1n) is 6.54. The Morgan fingerprint density at radius 1 is 1.15 bits per heavy atom. The topological polar surface area (TPSA) is 30.9 Å². The molecule has 20 heavy (non-hydrogen) atoms. The van der Waals surface area contributed by atoms with Gasteiger partial charge in [-0.3, -0.25) is 0 Å².